The molecule has 7 nitrogen and oxygen atoms in total. The van der Waals surface area contributed by atoms with Gasteiger partial charge in [0.15, 0.2) is 5.13 Å². The van der Waals surface area contributed by atoms with E-state index < -0.39 is 0 Å². The summed E-state index contributed by atoms with van der Waals surface area (Å²) in [5.74, 6) is 1.65. The van der Waals surface area contributed by atoms with Crippen molar-refractivity contribution in [3.63, 3.8) is 0 Å². The van der Waals surface area contributed by atoms with E-state index in [4.69, 9.17) is 9.15 Å². The molecule has 0 saturated carbocycles. The Labute approximate surface area is 179 Å². The Morgan fingerprint density at radius 3 is 2.93 bits per heavy atom. The van der Waals surface area contributed by atoms with Gasteiger partial charge in [0.1, 0.15) is 17.3 Å². The fourth-order valence-corrected chi connectivity index (χ4v) is 4.23. The third-order valence-corrected chi connectivity index (χ3v) is 6.04. The molecule has 0 unspecified atom stereocenters. The Bertz CT molecular complexity index is 1020. The quantitative estimate of drug-likeness (QED) is 0.620. The molecule has 1 aliphatic rings. The number of rotatable bonds is 6. The van der Waals surface area contributed by atoms with E-state index in [1.54, 1.807) is 20.1 Å². The lowest BCUT2D eigenvalue weighted by Crippen LogP contribution is -2.35. The number of nitrogens with one attached hydrogen (secondary N) is 1. The molecule has 0 atom stereocenters. The number of aryl methyl sites for hydroxylation is 1. The average Bonchev–Trinajstić information content (AvgIpc) is 3.36. The lowest BCUT2D eigenvalue weighted by Gasteiger charge is -2.28. The minimum atomic E-state index is -0.243. The summed E-state index contributed by atoms with van der Waals surface area (Å²) in [5.41, 5.74) is 2.25. The first-order valence-electron chi connectivity index (χ1n) is 9.93. The van der Waals surface area contributed by atoms with Crippen LogP contribution in [0.3, 0.4) is 0 Å². The number of aromatic nitrogens is 1. The van der Waals surface area contributed by atoms with Crippen LogP contribution in [0.1, 0.15) is 34.7 Å². The van der Waals surface area contributed by atoms with Crippen LogP contribution >= 0.6 is 11.3 Å². The fraction of sp³-hybridized carbons (Fsp3) is 0.364. The van der Waals surface area contributed by atoms with E-state index in [2.05, 4.69) is 15.2 Å². The summed E-state index contributed by atoms with van der Waals surface area (Å²) < 4.78 is 11.1. The number of hydrogen-bond acceptors (Lipinski definition) is 7. The van der Waals surface area contributed by atoms with Gasteiger partial charge in [-0.1, -0.05) is 12.1 Å². The maximum absolute atomic E-state index is 12.8. The van der Waals surface area contributed by atoms with Crippen LogP contribution in [0.15, 0.2) is 40.1 Å². The molecular weight excluding hydrogens is 402 g/mol. The molecule has 3 heterocycles. The predicted molar refractivity (Wildman–Crippen MR) is 116 cm³/mol. The first-order chi connectivity index (χ1) is 14.5. The molecule has 4 rings (SSSR count). The van der Waals surface area contributed by atoms with Crippen molar-refractivity contribution >= 4 is 22.4 Å². The number of thiazole rings is 1. The van der Waals surface area contributed by atoms with E-state index in [1.807, 2.05) is 29.6 Å². The maximum atomic E-state index is 12.8. The smallest absolute Gasteiger partial charge is 0.261 e. The van der Waals surface area contributed by atoms with Crippen LogP contribution in [0.25, 0.3) is 11.3 Å². The molecular formula is C22H25N3O4S. The number of piperidine rings is 1. The lowest BCUT2D eigenvalue weighted by atomic mass is 10.1. The molecule has 1 aromatic carbocycles. The average molecular weight is 428 g/mol. The lowest BCUT2D eigenvalue weighted by molar-refractivity contribution is 0.0787. The number of methoxy groups -OCH3 is 1. The number of carbonyl (C=O) groups excluding carboxylic acids is 1. The SMILES string of the molecule is COc1cccc(-c2cc(C(=O)Nc3nc(CN4CCC(O)CC4)cs3)c(C)o2)c1. The van der Waals surface area contributed by atoms with Crippen molar-refractivity contribution in [1.29, 1.82) is 0 Å². The zero-order valence-corrected chi connectivity index (χ0v) is 17.9. The molecule has 1 fully saturated rings. The van der Waals surface area contributed by atoms with Crippen LogP contribution in [0.5, 0.6) is 5.75 Å². The molecule has 0 radical (unpaired) electrons. The molecule has 30 heavy (non-hydrogen) atoms. The van der Waals surface area contributed by atoms with Crippen molar-refractivity contribution in [3.05, 3.63) is 52.7 Å². The van der Waals surface area contributed by atoms with Gasteiger partial charge in [-0.05, 0) is 38.0 Å². The Hall–Kier alpha value is -2.68. The molecule has 1 saturated heterocycles. The highest BCUT2D eigenvalue weighted by Crippen LogP contribution is 2.29. The standard InChI is InChI=1S/C22H25N3O4S/c1-14-19(11-20(29-14)15-4-3-5-18(10-15)28-2)21(27)24-22-23-16(13-30-22)12-25-8-6-17(26)7-9-25/h3-5,10-11,13,17,26H,6-9,12H2,1-2H3,(H,23,24,27). The summed E-state index contributed by atoms with van der Waals surface area (Å²) >= 11 is 1.41. The van der Waals surface area contributed by atoms with E-state index in [1.165, 1.54) is 11.3 Å². The summed E-state index contributed by atoms with van der Waals surface area (Å²) in [6, 6.07) is 9.26. The number of furan rings is 1. The first kappa shape index (κ1) is 20.6. The third-order valence-electron chi connectivity index (χ3n) is 5.23. The van der Waals surface area contributed by atoms with Gasteiger partial charge in [-0.2, -0.15) is 0 Å². The Balaban J connectivity index is 1.42. The van der Waals surface area contributed by atoms with Crippen LogP contribution in [0.4, 0.5) is 5.13 Å². The highest BCUT2D eigenvalue weighted by Gasteiger charge is 2.20. The highest BCUT2D eigenvalue weighted by atomic mass is 32.1. The molecule has 1 aliphatic heterocycles. The number of likely N-dealkylation sites (tertiary alicyclic amines) is 1. The zero-order valence-electron chi connectivity index (χ0n) is 17.1. The molecule has 158 valence electrons. The largest absolute Gasteiger partial charge is 0.497 e. The number of amides is 1. The van der Waals surface area contributed by atoms with Gasteiger partial charge in [0, 0.05) is 30.6 Å². The number of carbonyl (C=O) groups is 1. The molecule has 0 spiro atoms. The highest BCUT2D eigenvalue weighted by molar-refractivity contribution is 7.14. The monoisotopic (exact) mass is 427 g/mol. The second-order valence-electron chi connectivity index (χ2n) is 7.42. The maximum Gasteiger partial charge on any atom is 0.261 e. The van der Waals surface area contributed by atoms with Crippen LogP contribution in [-0.4, -0.2) is 47.2 Å². The number of benzene rings is 1. The van der Waals surface area contributed by atoms with E-state index in [0.717, 1.165) is 49.5 Å². The Morgan fingerprint density at radius 1 is 1.37 bits per heavy atom. The van der Waals surface area contributed by atoms with Gasteiger partial charge in [0.05, 0.1) is 24.5 Å². The number of aliphatic hydroxyl groups excluding tert-OH is 1. The van der Waals surface area contributed by atoms with Crippen molar-refractivity contribution in [1.82, 2.24) is 9.88 Å². The van der Waals surface area contributed by atoms with Crippen molar-refractivity contribution in [3.8, 4) is 17.1 Å². The number of aliphatic hydroxyl groups is 1. The van der Waals surface area contributed by atoms with Gasteiger partial charge in [0.25, 0.3) is 5.91 Å². The second-order valence-corrected chi connectivity index (χ2v) is 8.28. The van der Waals surface area contributed by atoms with E-state index in [9.17, 15) is 9.90 Å². The molecule has 2 N–H and O–H groups in total. The topological polar surface area (TPSA) is 87.8 Å². The number of hydrogen-bond donors (Lipinski definition) is 2. The van der Waals surface area contributed by atoms with Crippen molar-refractivity contribution < 1.29 is 19.1 Å². The summed E-state index contributed by atoms with van der Waals surface area (Å²) in [6.07, 6.45) is 1.40. The molecule has 0 bridgehead atoms. The van der Waals surface area contributed by atoms with E-state index in [0.29, 0.717) is 22.2 Å². The zero-order chi connectivity index (χ0) is 21.1. The minimum Gasteiger partial charge on any atom is -0.497 e. The molecule has 1 amide bonds. The van der Waals surface area contributed by atoms with E-state index in [-0.39, 0.29) is 12.0 Å². The van der Waals surface area contributed by atoms with Gasteiger partial charge in [-0.3, -0.25) is 15.0 Å². The summed E-state index contributed by atoms with van der Waals surface area (Å²) in [5, 5.41) is 15.0. The van der Waals surface area contributed by atoms with Gasteiger partial charge in [-0.15, -0.1) is 11.3 Å². The van der Waals surface area contributed by atoms with Crippen molar-refractivity contribution in [2.75, 3.05) is 25.5 Å². The van der Waals surface area contributed by atoms with Crippen molar-refractivity contribution in [2.24, 2.45) is 0 Å². The predicted octanol–water partition coefficient (Wildman–Crippen LogP) is 3.93. The second kappa shape index (κ2) is 8.99. The summed E-state index contributed by atoms with van der Waals surface area (Å²) in [6.45, 7) is 4.23. The van der Waals surface area contributed by atoms with Gasteiger partial charge in [0.2, 0.25) is 0 Å². The van der Waals surface area contributed by atoms with Gasteiger partial charge in [-0.25, -0.2) is 4.98 Å². The van der Waals surface area contributed by atoms with Gasteiger partial charge < -0.3 is 14.3 Å². The molecule has 2 aromatic heterocycles. The number of nitrogens with zero attached hydrogens (tertiary/aromatic N) is 2. The van der Waals surface area contributed by atoms with Gasteiger partial charge >= 0.3 is 0 Å². The molecule has 0 aliphatic carbocycles. The van der Waals surface area contributed by atoms with E-state index >= 15 is 0 Å². The third kappa shape index (κ3) is 4.72. The van der Waals surface area contributed by atoms with Crippen LogP contribution in [0, 0.1) is 6.92 Å². The minimum absolute atomic E-state index is 0.188. The van der Waals surface area contributed by atoms with Crippen LogP contribution in [0.2, 0.25) is 0 Å². The first-order valence-corrected chi connectivity index (χ1v) is 10.8. The summed E-state index contributed by atoms with van der Waals surface area (Å²) in [7, 11) is 1.61. The number of ether oxygens (including phenoxy) is 1. The van der Waals surface area contributed by atoms with Crippen molar-refractivity contribution in [2.45, 2.75) is 32.4 Å². The Kier molecular flexibility index (Phi) is 6.17. The molecule has 8 heteroatoms. The fourth-order valence-electron chi connectivity index (χ4n) is 3.53. The molecule has 3 aromatic rings. The van der Waals surface area contributed by atoms with Crippen LogP contribution < -0.4 is 10.1 Å². The van der Waals surface area contributed by atoms with Crippen LogP contribution in [-0.2, 0) is 6.54 Å². The normalized spacial score (nSPS) is 15.3. The Morgan fingerprint density at radius 2 is 2.17 bits per heavy atom. The number of anilines is 1. The summed E-state index contributed by atoms with van der Waals surface area (Å²) in [4.78, 5) is 19.6.